The lowest BCUT2D eigenvalue weighted by Gasteiger charge is -2.69. The number of aromatic nitrogens is 2. The second-order valence-corrected chi connectivity index (χ2v) is 20.1. The van der Waals surface area contributed by atoms with Crippen molar-refractivity contribution in [1.29, 1.82) is 0 Å². The van der Waals surface area contributed by atoms with Crippen molar-refractivity contribution >= 4 is 29.3 Å². The number of ketones is 1. The number of Topliss-reactive ketones (excluding diaryl/α,β-unsaturated/α-hetero) is 1. The number of halogens is 1. The van der Waals surface area contributed by atoms with Gasteiger partial charge in [-0.15, -0.1) is 0 Å². The number of hydrogen-bond donors (Lipinski definition) is 1. The molecule has 1 N–H and O–H groups in total. The zero-order valence-electron chi connectivity index (χ0n) is 35.0. The van der Waals surface area contributed by atoms with Gasteiger partial charge in [-0.2, -0.15) is 0 Å². The zero-order valence-corrected chi connectivity index (χ0v) is 35.8. The molecule has 3 saturated carbocycles. The third-order valence-electron chi connectivity index (χ3n) is 16.1. The van der Waals surface area contributed by atoms with Crippen LogP contribution in [-0.2, 0) is 38.1 Å². The van der Waals surface area contributed by atoms with Gasteiger partial charge >= 0.3 is 11.9 Å². The Morgan fingerprint density at radius 3 is 2.31 bits per heavy atom. The molecule has 4 aliphatic rings. The van der Waals surface area contributed by atoms with E-state index in [9.17, 15) is 24.3 Å². The number of nitrogens with zero attached hydrogens (tertiary/aromatic N) is 2. The van der Waals surface area contributed by atoms with Gasteiger partial charge in [-0.1, -0.05) is 72.2 Å². The number of esters is 1. The lowest BCUT2D eigenvalue weighted by atomic mass is 9.35. The van der Waals surface area contributed by atoms with Crippen LogP contribution in [0, 0.1) is 45.3 Å². The molecule has 0 radical (unpaired) electrons. The molecular formula is C46H65ClN2O6. The van der Waals surface area contributed by atoms with E-state index in [0.29, 0.717) is 36.2 Å². The molecule has 55 heavy (non-hydrogen) atoms. The van der Waals surface area contributed by atoms with Crippen LogP contribution >= 0.6 is 11.6 Å². The predicted molar refractivity (Wildman–Crippen MR) is 217 cm³/mol. The molecule has 0 bridgehead atoms. The maximum Gasteiger partial charge on any atom is 0.309 e. The van der Waals surface area contributed by atoms with Crippen LogP contribution in [0.25, 0.3) is 0 Å². The minimum Gasteiger partial charge on any atom is -0.481 e. The number of carbonyl (C=O) groups is 3. The predicted octanol–water partition coefficient (Wildman–Crippen LogP) is 9.92. The fraction of sp³-hybridized carbons (Fsp3) is 0.696. The number of carboxylic acid groups (broad SMARTS) is 1. The maximum atomic E-state index is 14.3. The Bertz CT molecular complexity index is 1920. The van der Waals surface area contributed by atoms with Gasteiger partial charge in [0.05, 0.1) is 24.1 Å². The largest absolute Gasteiger partial charge is 0.481 e. The summed E-state index contributed by atoms with van der Waals surface area (Å²) in [5.41, 5.74) is 2.59. The van der Waals surface area contributed by atoms with E-state index in [4.69, 9.17) is 16.3 Å². The van der Waals surface area contributed by atoms with E-state index in [-0.39, 0.29) is 51.9 Å². The van der Waals surface area contributed by atoms with Gasteiger partial charge in [-0.3, -0.25) is 23.9 Å². The van der Waals surface area contributed by atoms with Crippen molar-refractivity contribution in [2.45, 2.75) is 151 Å². The van der Waals surface area contributed by atoms with Gasteiger partial charge < -0.3 is 9.84 Å². The molecular weight excluding hydrogens is 712 g/mol. The molecule has 0 amide bonds. The number of fused-ring (bicyclic) bond motifs is 5. The number of aliphatic carboxylic acids is 1. The highest BCUT2D eigenvalue weighted by Crippen LogP contribution is 2.74. The van der Waals surface area contributed by atoms with Gasteiger partial charge in [0.25, 0.3) is 5.56 Å². The first-order chi connectivity index (χ1) is 25.6. The second-order valence-electron chi connectivity index (χ2n) is 19.6. The van der Waals surface area contributed by atoms with Crippen molar-refractivity contribution in [1.82, 2.24) is 9.36 Å². The molecule has 0 aliphatic heterocycles. The smallest absolute Gasteiger partial charge is 0.309 e. The van der Waals surface area contributed by atoms with Gasteiger partial charge in [-0.25, -0.2) is 4.68 Å². The Hall–Kier alpha value is -3.13. The van der Waals surface area contributed by atoms with Crippen LogP contribution in [0.4, 0.5) is 0 Å². The average Bonchev–Trinajstić information content (AvgIpc) is 3.58. The molecule has 8 nitrogen and oxygen atoms in total. The Morgan fingerprint density at radius 1 is 1.02 bits per heavy atom. The summed E-state index contributed by atoms with van der Waals surface area (Å²) in [6.07, 6.45) is 8.58. The summed E-state index contributed by atoms with van der Waals surface area (Å²) < 4.78 is 9.80. The normalized spacial score (nSPS) is 32.6. The quantitative estimate of drug-likeness (QED) is 0.215. The molecule has 4 aliphatic carbocycles. The number of hydrogen-bond acceptors (Lipinski definition) is 5. The van der Waals surface area contributed by atoms with Crippen molar-refractivity contribution < 1.29 is 24.2 Å². The summed E-state index contributed by atoms with van der Waals surface area (Å²) in [4.78, 5) is 52.7. The minimum absolute atomic E-state index is 0.0270. The fourth-order valence-electron chi connectivity index (χ4n) is 12.3. The van der Waals surface area contributed by atoms with Gasteiger partial charge in [0.15, 0.2) is 5.78 Å². The van der Waals surface area contributed by atoms with E-state index in [1.807, 2.05) is 49.0 Å². The number of benzene rings is 1. The summed E-state index contributed by atoms with van der Waals surface area (Å²) >= 11 is 6.17. The lowest BCUT2D eigenvalue weighted by molar-refractivity contribution is -0.184. The highest BCUT2D eigenvalue weighted by molar-refractivity contribution is 6.30. The van der Waals surface area contributed by atoms with Crippen LogP contribution in [0.15, 0.2) is 46.3 Å². The summed E-state index contributed by atoms with van der Waals surface area (Å²) in [6.45, 7) is 19.9. The molecule has 8 atom stereocenters. The molecule has 2 aromatic rings. The first-order valence-corrected chi connectivity index (χ1v) is 21.3. The Labute approximate surface area is 333 Å². The zero-order chi connectivity index (χ0) is 40.5. The summed E-state index contributed by atoms with van der Waals surface area (Å²) in [5.74, 6) is 0.0932. The van der Waals surface area contributed by atoms with E-state index >= 15 is 0 Å². The second kappa shape index (κ2) is 14.7. The van der Waals surface area contributed by atoms with Crippen LogP contribution in [0.2, 0.25) is 5.02 Å². The molecule has 0 saturated heterocycles. The SMILES string of the molecule is CCC(CCC1(C)C(C)CCC2(C)C1CCC1C3=C(C(C)C)C(=O)CC3(c3cc(=O)n(Cc4ccc(Cl)cc4)n3C)CC[C@]12C)OC(=O)CC(C)(C)C(=O)O. The van der Waals surface area contributed by atoms with Gasteiger partial charge in [-0.05, 0) is 140 Å². The maximum absolute atomic E-state index is 14.3. The molecule has 302 valence electrons. The highest BCUT2D eigenvalue weighted by Gasteiger charge is 2.68. The molecule has 1 aromatic heterocycles. The van der Waals surface area contributed by atoms with Crippen molar-refractivity contribution in [3.63, 3.8) is 0 Å². The minimum atomic E-state index is -1.17. The number of allylic oxidation sites excluding steroid dienone is 2. The Balaban J connectivity index is 1.32. The monoisotopic (exact) mass is 776 g/mol. The van der Waals surface area contributed by atoms with Gasteiger partial charge in [0.2, 0.25) is 0 Å². The van der Waals surface area contributed by atoms with Crippen LogP contribution in [0.3, 0.4) is 0 Å². The molecule has 1 heterocycles. The summed E-state index contributed by atoms with van der Waals surface area (Å²) in [5, 5.41) is 10.2. The van der Waals surface area contributed by atoms with Crippen molar-refractivity contribution in [3.05, 3.63) is 68.1 Å². The third kappa shape index (κ3) is 6.78. The first-order valence-electron chi connectivity index (χ1n) is 20.9. The molecule has 6 rings (SSSR count). The molecule has 9 heteroatoms. The summed E-state index contributed by atoms with van der Waals surface area (Å²) in [6, 6.07) is 9.45. The van der Waals surface area contributed by atoms with Crippen LogP contribution < -0.4 is 5.56 Å². The van der Waals surface area contributed by atoms with E-state index in [1.54, 1.807) is 18.5 Å². The average molecular weight is 777 g/mol. The number of carboxylic acids is 1. The standard InChI is InChI=1S/C46H65ClN2O6/c1-11-32(55-38(52)26-42(5,6)41(53)54)19-20-43(7)29(4)18-21-45(9)35(43)17-16-33-40-39(28(2)3)34(50)25-46(40,23-22-44(33,45)8)36-24-37(51)49(48(36)10)27-30-12-14-31(47)15-13-30/h12-15,24,28-29,32-33,35H,11,16-23,25-27H2,1-10H3,(H,53,54)/t29?,32?,33?,35?,43?,44-,45?,46?/m1/s1. The van der Waals surface area contributed by atoms with Crippen LogP contribution in [0.1, 0.15) is 144 Å². The van der Waals surface area contributed by atoms with Crippen molar-refractivity contribution in [2.75, 3.05) is 0 Å². The molecule has 0 spiro atoms. The number of rotatable bonds is 12. The fourth-order valence-corrected chi connectivity index (χ4v) is 12.5. The molecule has 1 aromatic carbocycles. The lowest BCUT2D eigenvalue weighted by Crippen LogP contribution is -2.62. The van der Waals surface area contributed by atoms with Crippen LogP contribution in [0.5, 0.6) is 0 Å². The van der Waals surface area contributed by atoms with E-state index < -0.39 is 22.8 Å². The van der Waals surface area contributed by atoms with Crippen LogP contribution in [-0.4, -0.2) is 38.3 Å². The van der Waals surface area contributed by atoms with Gasteiger partial charge in [0.1, 0.15) is 6.10 Å². The third-order valence-corrected chi connectivity index (χ3v) is 16.3. The van der Waals surface area contributed by atoms with Gasteiger partial charge in [0, 0.05) is 30.0 Å². The van der Waals surface area contributed by atoms with E-state index in [2.05, 4.69) is 41.5 Å². The Kier molecular flexibility index (Phi) is 11.1. The van der Waals surface area contributed by atoms with E-state index in [0.717, 1.165) is 68.2 Å². The molecule has 7 unspecified atom stereocenters. The van der Waals surface area contributed by atoms with Crippen molar-refractivity contribution in [3.8, 4) is 0 Å². The number of ether oxygens (including phenoxy) is 1. The Morgan fingerprint density at radius 2 is 1.69 bits per heavy atom. The summed E-state index contributed by atoms with van der Waals surface area (Å²) in [7, 11) is 1.99. The van der Waals surface area contributed by atoms with Crippen molar-refractivity contribution in [2.24, 2.45) is 52.4 Å². The number of carbonyl (C=O) groups excluding carboxylic acids is 2. The molecule has 3 fully saturated rings. The first kappa shape index (κ1) is 41.5. The van der Waals surface area contributed by atoms with E-state index in [1.165, 1.54) is 5.57 Å². The highest BCUT2D eigenvalue weighted by atomic mass is 35.5. The topological polar surface area (TPSA) is 108 Å².